The molecule has 30 heavy (non-hydrogen) atoms. The summed E-state index contributed by atoms with van der Waals surface area (Å²) in [6, 6.07) is 2.41. The summed E-state index contributed by atoms with van der Waals surface area (Å²) in [5.41, 5.74) is 1.19. The molecule has 1 unspecified atom stereocenters. The Bertz CT molecular complexity index is 713. The van der Waals surface area contributed by atoms with E-state index in [1.165, 1.54) is 11.7 Å². The number of carbonyl (C=O) groups excluding carboxylic acids is 3. The molecule has 3 amide bonds. The summed E-state index contributed by atoms with van der Waals surface area (Å²) < 4.78 is 0. The minimum Gasteiger partial charge on any atom is -0.382 e. The quantitative estimate of drug-likeness (QED) is 0.244. The molecule has 1 heterocycles. The highest BCUT2D eigenvalue weighted by atomic mass is 16.5. The number of aliphatic hydroxyl groups excluding tert-OH is 1. The average Bonchev–Trinajstić information content (AvgIpc) is 2.70. The largest absolute Gasteiger partial charge is 0.382 e. The molecular formula is C21H32N4O5. The van der Waals surface area contributed by atoms with Crippen LogP contribution in [0.3, 0.4) is 0 Å². The minimum absolute atomic E-state index is 0.00537. The van der Waals surface area contributed by atoms with Crippen LogP contribution < -0.4 is 16.1 Å². The normalized spacial score (nSPS) is 13.8. The van der Waals surface area contributed by atoms with E-state index in [0.717, 1.165) is 0 Å². The molecule has 0 saturated heterocycles. The summed E-state index contributed by atoms with van der Waals surface area (Å²) in [6.07, 6.45) is 9.51. The Hall–Kier alpha value is -2.96. The molecule has 5 N–H and O–H groups in total. The fraction of sp³-hybridized carbons (Fsp3) is 0.524. The van der Waals surface area contributed by atoms with Gasteiger partial charge < -0.3 is 15.7 Å². The van der Waals surface area contributed by atoms with E-state index in [0.29, 0.717) is 5.69 Å². The highest BCUT2D eigenvalue weighted by molar-refractivity contribution is 5.98. The highest BCUT2D eigenvalue weighted by Crippen LogP contribution is 2.23. The molecule has 0 bridgehead atoms. The SMILES string of the molecule is C#C.CC(C)C[C@@H](C(=O)NC(C(=O)Nc1cccnc1)C(C)(C)C)[C@H](O)C(=O)NO. The molecular weight excluding hydrogens is 388 g/mol. The standard InChI is InChI=1S/C19H30N4O5.C2H2/c1-11(2)9-13(14(24)17(26)23-28)16(25)22-15(19(3,4)5)18(27)21-12-7-6-8-20-10-12;1-2/h6-8,10-11,13-15,24,28H,9H2,1-5H3,(H,21,27)(H,22,25)(H,23,26);1-2H/t13-,14+,15?;/m1./s1. The Labute approximate surface area is 177 Å². The molecule has 9 heteroatoms. The zero-order valence-electron chi connectivity index (χ0n) is 18.0. The van der Waals surface area contributed by atoms with Crippen LogP contribution in [0.4, 0.5) is 5.69 Å². The molecule has 1 aromatic rings. The van der Waals surface area contributed by atoms with E-state index >= 15 is 0 Å². The van der Waals surface area contributed by atoms with E-state index in [1.807, 2.05) is 13.8 Å². The average molecular weight is 421 g/mol. The fourth-order valence-electron chi connectivity index (χ4n) is 2.71. The van der Waals surface area contributed by atoms with Gasteiger partial charge in [0.25, 0.3) is 5.91 Å². The molecule has 3 atom stereocenters. The minimum atomic E-state index is -1.74. The Morgan fingerprint density at radius 2 is 1.73 bits per heavy atom. The second kappa shape index (κ2) is 12.6. The molecule has 0 aliphatic rings. The van der Waals surface area contributed by atoms with Crippen LogP contribution in [0, 0.1) is 30.1 Å². The number of terminal acetylenes is 1. The van der Waals surface area contributed by atoms with Crippen LogP contribution in [0.25, 0.3) is 0 Å². The van der Waals surface area contributed by atoms with Gasteiger partial charge >= 0.3 is 0 Å². The van der Waals surface area contributed by atoms with Gasteiger partial charge in [0.2, 0.25) is 11.8 Å². The summed E-state index contributed by atoms with van der Waals surface area (Å²) in [5.74, 6) is -3.30. The lowest BCUT2D eigenvalue weighted by Gasteiger charge is -2.32. The first-order chi connectivity index (χ1) is 14.0. The second-order valence-corrected chi connectivity index (χ2v) is 8.20. The number of nitrogens with zero attached hydrogens (tertiary/aromatic N) is 1. The van der Waals surface area contributed by atoms with Crippen LogP contribution in [0.2, 0.25) is 0 Å². The van der Waals surface area contributed by atoms with Gasteiger partial charge in [-0.15, -0.1) is 12.8 Å². The van der Waals surface area contributed by atoms with E-state index in [4.69, 9.17) is 5.21 Å². The van der Waals surface area contributed by atoms with E-state index in [1.54, 1.807) is 39.1 Å². The van der Waals surface area contributed by atoms with Gasteiger partial charge in [-0.05, 0) is 29.9 Å². The lowest BCUT2D eigenvalue weighted by molar-refractivity contribution is -0.147. The first-order valence-electron chi connectivity index (χ1n) is 9.44. The smallest absolute Gasteiger partial charge is 0.272 e. The molecule has 0 spiro atoms. The number of aromatic nitrogens is 1. The number of aliphatic hydroxyl groups is 1. The van der Waals surface area contributed by atoms with Crippen molar-refractivity contribution in [1.29, 1.82) is 0 Å². The van der Waals surface area contributed by atoms with Gasteiger partial charge in [-0.25, -0.2) is 5.48 Å². The van der Waals surface area contributed by atoms with Gasteiger partial charge in [-0.3, -0.25) is 24.6 Å². The number of amides is 3. The number of nitrogens with one attached hydrogen (secondary N) is 3. The van der Waals surface area contributed by atoms with Crippen LogP contribution >= 0.6 is 0 Å². The van der Waals surface area contributed by atoms with Crippen molar-refractivity contribution in [2.45, 2.75) is 53.2 Å². The fourth-order valence-corrected chi connectivity index (χ4v) is 2.71. The summed E-state index contributed by atoms with van der Waals surface area (Å²) in [7, 11) is 0. The molecule has 9 nitrogen and oxygen atoms in total. The summed E-state index contributed by atoms with van der Waals surface area (Å²) in [5, 5.41) is 24.3. The molecule has 1 aromatic heterocycles. The second-order valence-electron chi connectivity index (χ2n) is 8.20. The topological polar surface area (TPSA) is 141 Å². The van der Waals surface area contributed by atoms with Gasteiger partial charge in [-0.1, -0.05) is 34.6 Å². The van der Waals surface area contributed by atoms with Crippen LogP contribution in [0.15, 0.2) is 24.5 Å². The Morgan fingerprint density at radius 3 is 2.17 bits per heavy atom. The van der Waals surface area contributed by atoms with E-state index in [2.05, 4.69) is 28.5 Å². The van der Waals surface area contributed by atoms with Crippen LogP contribution in [-0.2, 0) is 14.4 Å². The van der Waals surface area contributed by atoms with Gasteiger partial charge in [0.05, 0.1) is 17.8 Å². The van der Waals surface area contributed by atoms with Crippen molar-refractivity contribution in [3.63, 3.8) is 0 Å². The number of pyridine rings is 1. The monoisotopic (exact) mass is 420 g/mol. The van der Waals surface area contributed by atoms with Crippen molar-refractivity contribution in [3.05, 3.63) is 24.5 Å². The zero-order valence-corrected chi connectivity index (χ0v) is 18.0. The maximum absolute atomic E-state index is 12.8. The van der Waals surface area contributed by atoms with Crippen molar-refractivity contribution in [3.8, 4) is 12.8 Å². The number of hydroxylamine groups is 1. The summed E-state index contributed by atoms with van der Waals surface area (Å²) in [6.45, 7) is 9.03. The number of carbonyl (C=O) groups is 3. The Morgan fingerprint density at radius 1 is 1.13 bits per heavy atom. The number of anilines is 1. The molecule has 0 saturated carbocycles. The third-order valence-corrected chi connectivity index (χ3v) is 4.17. The Balaban J connectivity index is 0.00000407. The number of hydrogen-bond acceptors (Lipinski definition) is 6. The zero-order chi connectivity index (χ0) is 23.5. The number of rotatable bonds is 8. The first-order valence-corrected chi connectivity index (χ1v) is 9.44. The van der Waals surface area contributed by atoms with Gasteiger partial charge in [0, 0.05) is 6.20 Å². The highest BCUT2D eigenvalue weighted by Gasteiger charge is 2.38. The third-order valence-electron chi connectivity index (χ3n) is 4.17. The van der Waals surface area contributed by atoms with E-state index in [9.17, 15) is 19.5 Å². The number of hydrogen-bond donors (Lipinski definition) is 5. The lowest BCUT2D eigenvalue weighted by Crippen LogP contribution is -2.55. The van der Waals surface area contributed by atoms with Crippen molar-refractivity contribution in [2.24, 2.45) is 17.3 Å². The molecule has 0 aliphatic carbocycles. The first kappa shape index (κ1) is 27.0. The molecule has 0 radical (unpaired) electrons. The molecule has 166 valence electrons. The van der Waals surface area contributed by atoms with Gasteiger partial charge in [0.1, 0.15) is 12.1 Å². The Kier molecular flexibility index (Phi) is 11.3. The molecule has 0 fully saturated rings. The van der Waals surface area contributed by atoms with Crippen LogP contribution in [0.5, 0.6) is 0 Å². The van der Waals surface area contributed by atoms with Crippen LogP contribution in [0.1, 0.15) is 41.0 Å². The van der Waals surface area contributed by atoms with E-state index in [-0.39, 0.29) is 12.3 Å². The van der Waals surface area contributed by atoms with Gasteiger partial charge in [-0.2, -0.15) is 0 Å². The predicted octanol–water partition coefficient (Wildman–Crippen LogP) is 1.33. The molecule has 0 aliphatic heterocycles. The van der Waals surface area contributed by atoms with E-state index < -0.39 is 41.2 Å². The summed E-state index contributed by atoms with van der Waals surface area (Å²) in [4.78, 5) is 41.1. The van der Waals surface area contributed by atoms with Crippen LogP contribution in [-0.4, -0.2) is 45.2 Å². The summed E-state index contributed by atoms with van der Waals surface area (Å²) >= 11 is 0. The third kappa shape index (κ3) is 8.59. The van der Waals surface area contributed by atoms with Crippen molar-refractivity contribution >= 4 is 23.4 Å². The maximum Gasteiger partial charge on any atom is 0.272 e. The maximum atomic E-state index is 12.8. The van der Waals surface area contributed by atoms with Gasteiger partial charge in [0.15, 0.2) is 0 Å². The molecule has 0 aromatic carbocycles. The predicted molar refractivity (Wildman–Crippen MR) is 113 cm³/mol. The van der Waals surface area contributed by atoms with Crippen molar-refractivity contribution in [1.82, 2.24) is 15.8 Å². The van der Waals surface area contributed by atoms with Crippen molar-refractivity contribution in [2.75, 3.05) is 5.32 Å². The molecule has 1 rings (SSSR count). The lowest BCUT2D eigenvalue weighted by atomic mass is 9.84. The van der Waals surface area contributed by atoms with Crippen molar-refractivity contribution < 1.29 is 24.7 Å².